The molecule has 4 heterocycles. The first-order chi connectivity index (χ1) is 22.3. The number of para-hydroxylation sites is 1. The number of hydrogen-bond acceptors (Lipinski definition) is 6. The van der Waals surface area contributed by atoms with Gasteiger partial charge in [-0.25, -0.2) is 9.59 Å². The SMILES string of the molecule is O=C(OC(Cc1cc(Cl)c(O)c(Cl)c1)C(=O)N1CCN(C2CC[NH2+]CC2)CC1)N1CCC(N2CCc3ccccc3NC2=O)CC1. The molecule has 4 N–H and O–H groups in total. The number of carbonyl (C=O) groups is 3. The Labute approximate surface area is 279 Å². The minimum absolute atomic E-state index is 0.00424. The number of urea groups is 1. The zero-order valence-electron chi connectivity index (χ0n) is 26.0. The van der Waals surface area contributed by atoms with Crippen LogP contribution in [0.15, 0.2) is 36.4 Å². The molecule has 0 aromatic heterocycles. The predicted octanol–water partition coefficient (Wildman–Crippen LogP) is 3.17. The van der Waals surface area contributed by atoms with E-state index in [0.717, 1.165) is 56.7 Å². The minimum Gasteiger partial charge on any atom is -0.505 e. The van der Waals surface area contributed by atoms with Gasteiger partial charge in [-0.15, -0.1) is 0 Å². The number of piperazine rings is 1. The number of hydrogen-bond donors (Lipinski definition) is 3. The number of nitrogens with two attached hydrogens (primary N) is 1. The highest BCUT2D eigenvalue weighted by Gasteiger charge is 2.36. The van der Waals surface area contributed by atoms with Crippen molar-refractivity contribution in [1.29, 1.82) is 0 Å². The molecule has 4 aliphatic rings. The van der Waals surface area contributed by atoms with E-state index in [9.17, 15) is 19.5 Å². The summed E-state index contributed by atoms with van der Waals surface area (Å²) in [7, 11) is 0. The second kappa shape index (κ2) is 14.7. The fraction of sp³-hybridized carbons (Fsp3) is 0.545. The fourth-order valence-corrected chi connectivity index (χ4v) is 7.74. The lowest BCUT2D eigenvalue weighted by Gasteiger charge is -2.41. The smallest absolute Gasteiger partial charge is 0.410 e. The first-order valence-corrected chi connectivity index (χ1v) is 17.1. The monoisotopic (exact) mass is 673 g/mol. The highest BCUT2D eigenvalue weighted by Crippen LogP contribution is 2.33. The predicted molar refractivity (Wildman–Crippen MR) is 175 cm³/mol. The Morgan fingerprint density at radius 2 is 1.59 bits per heavy atom. The van der Waals surface area contributed by atoms with Crippen molar-refractivity contribution in [3.8, 4) is 5.75 Å². The zero-order valence-corrected chi connectivity index (χ0v) is 27.5. The van der Waals surface area contributed by atoms with Gasteiger partial charge in [0.05, 0.1) is 23.1 Å². The van der Waals surface area contributed by atoms with E-state index in [1.807, 2.05) is 29.2 Å². The van der Waals surface area contributed by atoms with Gasteiger partial charge in [-0.05, 0) is 48.6 Å². The van der Waals surface area contributed by atoms with E-state index in [4.69, 9.17) is 27.9 Å². The number of nitrogens with zero attached hydrogens (tertiary/aromatic N) is 4. The molecule has 11 nitrogen and oxygen atoms in total. The summed E-state index contributed by atoms with van der Waals surface area (Å²) in [6.45, 7) is 6.41. The van der Waals surface area contributed by atoms with Gasteiger partial charge in [0.15, 0.2) is 11.9 Å². The number of aromatic hydroxyl groups is 1. The second-order valence-corrected chi connectivity index (χ2v) is 13.5. The van der Waals surface area contributed by atoms with Gasteiger partial charge in [-0.1, -0.05) is 41.4 Å². The molecule has 4 amide bonds. The molecule has 0 radical (unpaired) electrons. The van der Waals surface area contributed by atoms with Crippen molar-refractivity contribution < 1.29 is 29.5 Å². The van der Waals surface area contributed by atoms with E-state index in [1.54, 1.807) is 21.9 Å². The topological polar surface area (TPSA) is 122 Å². The van der Waals surface area contributed by atoms with Crippen molar-refractivity contribution >= 4 is 46.9 Å². The van der Waals surface area contributed by atoms with E-state index in [-0.39, 0.29) is 40.2 Å². The summed E-state index contributed by atoms with van der Waals surface area (Å²) in [6, 6.07) is 11.4. The normalized spacial score (nSPS) is 20.9. The molecule has 2 aromatic carbocycles. The van der Waals surface area contributed by atoms with Gasteiger partial charge in [-0.3, -0.25) is 9.69 Å². The molecule has 248 valence electrons. The average Bonchev–Trinajstić information content (AvgIpc) is 3.25. The summed E-state index contributed by atoms with van der Waals surface area (Å²) in [5.74, 6) is -0.478. The third-order valence-electron chi connectivity index (χ3n) is 9.87. The second-order valence-electron chi connectivity index (χ2n) is 12.7. The summed E-state index contributed by atoms with van der Waals surface area (Å²) in [4.78, 5) is 48.2. The first-order valence-electron chi connectivity index (χ1n) is 16.4. The number of fused-ring (bicyclic) bond motifs is 1. The number of ether oxygens (including phenoxy) is 1. The Balaban J connectivity index is 1.09. The summed E-state index contributed by atoms with van der Waals surface area (Å²) in [5, 5.41) is 15.6. The lowest BCUT2D eigenvalue weighted by molar-refractivity contribution is -0.664. The molecule has 3 saturated heterocycles. The molecule has 2 aromatic rings. The van der Waals surface area contributed by atoms with Crippen LogP contribution in [-0.2, 0) is 22.4 Å². The summed E-state index contributed by atoms with van der Waals surface area (Å²) < 4.78 is 5.96. The number of benzene rings is 2. The number of anilines is 1. The van der Waals surface area contributed by atoms with E-state index in [0.29, 0.717) is 57.2 Å². The number of likely N-dealkylation sites (tertiary alicyclic amines) is 1. The summed E-state index contributed by atoms with van der Waals surface area (Å²) in [5.41, 5.74) is 2.54. The Morgan fingerprint density at radius 1 is 0.913 bits per heavy atom. The Hall–Kier alpha value is -3.25. The Bertz CT molecular complexity index is 1400. The number of phenolic OH excluding ortho intramolecular Hbond substituents is 1. The number of quaternary nitrogens is 1. The van der Waals surface area contributed by atoms with Crippen molar-refractivity contribution in [3.63, 3.8) is 0 Å². The van der Waals surface area contributed by atoms with Gasteiger partial charge in [0.25, 0.3) is 5.91 Å². The molecule has 3 fully saturated rings. The minimum atomic E-state index is -1.08. The highest BCUT2D eigenvalue weighted by atomic mass is 35.5. The van der Waals surface area contributed by atoms with Crippen LogP contribution in [0.4, 0.5) is 15.3 Å². The molecule has 13 heteroatoms. The van der Waals surface area contributed by atoms with E-state index in [2.05, 4.69) is 15.5 Å². The van der Waals surface area contributed by atoms with Crippen LogP contribution in [0.3, 0.4) is 0 Å². The summed E-state index contributed by atoms with van der Waals surface area (Å²) >= 11 is 12.4. The Morgan fingerprint density at radius 3 is 2.28 bits per heavy atom. The third-order valence-corrected chi connectivity index (χ3v) is 10.4. The van der Waals surface area contributed by atoms with Crippen LogP contribution >= 0.6 is 23.2 Å². The molecular weight excluding hydrogens is 631 g/mol. The molecule has 0 saturated carbocycles. The van der Waals surface area contributed by atoms with Gasteiger partial charge >= 0.3 is 12.1 Å². The van der Waals surface area contributed by atoms with Crippen molar-refractivity contribution in [2.45, 2.75) is 56.7 Å². The molecule has 1 atom stereocenters. The maximum Gasteiger partial charge on any atom is 0.410 e. The maximum atomic E-state index is 13.9. The molecule has 4 aliphatic heterocycles. The lowest BCUT2D eigenvalue weighted by atomic mass is 10.0. The van der Waals surface area contributed by atoms with Crippen LogP contribution in [0.2, 0.25) is 10.0 Å². The standard InChI is InChI=1S/C33H42Cl2N6O5/c34-26-19-22(20-27(35)30(26)42)21-29(31(43)39-17-15-38(16-18-39)24-5-10-36-11-6-24)46-33(45)40-12-8-25(9-13-40)41-14-7-23-3-1-2-4-28(23)37-32(41)44/h1-4,19-20,24-25,29,36,42H,5-18,21H2,(H,37,44)/p+1. The number of amides is 4. The van der Waals surface area contributed by atoms with Crippen LogP contribution in [0.25, 0.3) is 0 Å². The molecule has 46 heavy (non-hydrogen) atoms. The molecule has 0 aliphatic carbocycles. The number of carbonyl (C=O) groups excluding carboxylic acids is 3. The largest absolute Gasteiger partial charge is 0.505 e. The van der Waals surface area contributed by atoms with E-state index >= 15 is 0 Å². The number of phenols is 1. The van der Waals surface area contributed by atoms with Crippen molar-refractivity contribution in [3.05, 3.63) is 57.6 Å². The number of rotatable bonds is 6. The zero-order chi connectivity index (χ0) is 32.2. The van der Waals surface area contributed by atoms with E-state index in [1.165, 1.54) is 0 Å². The molecule has 6 rings (SSSR count). The lowest BCUT2D eigenvalue weighted by Crippen LogP contribution is -2.87. The summed E-state index contributed by atoms with van der Waals surface area (Å²) in [6.07, 6.45) is 2.74. The van der Waals surface area contributed by atoms with Crippen molar-refractivity contribution in [2.24, 2.45) is 0 Å². The van der Waals surface area contributed by atoms with Crippen LogP contribution in [0.1, 0.15) is 36.8 Å². The van der Waals surface area contributed by atoms with Crippen molar-refractivity contribution in [1.82, 2.24) is 19.6 Å². The Kier molecular flexibility index (Phi) is 10.4. The van der Waals surface area contributed by atoms with Crippen molar-refractivity contribution in [2.75, 3.05) is 64.2 Å². The molecule has 0 spiro atoms. The van der Waals surface area contributed by atoms with Crippen LogP contribution < -0.4 is 10.6 Å². The quantitative estimate of drug-likeness (QED) is 0.433. The number of halogens is 2. The van der Waals surface area contributed by atoms with E-state index < -0.39 is 12.2 Å². The fourth-order valence-electron chi connectivity index (χ4n) is 7.21. The highest BCUT2D eigenvalue weighted by molar-refractivity contribution is 6.37. The number of piperidine rings is 2. The third kappa shape index (κ3) is 7.48. The molecular formula is C33H43Cl2N6O5+. The first kappa shape index (κ1) is 32.7. The average molecular weight is 675 g/mol. The van der Waals surface area contributed by atoms with Gasteiger partial charge < -0.3 is 35.2 Å². The van der Waals surface area contributed by atoms with Gasteiger partial charge in [0.2, 0.25) is 0 Å². The van der Waals surface area contributed by atoms with Gasteiger partial charge in [0.1, 0.15) is 0 Å². The van der Waals surface area contributed by atoms with Crippen LogP contribution in [0.5, 0.6) is 5.75 Å². The van der Waals surface area contributed by atoms with Gasteiger partial charge in [-0.2, -0.15) is 0 Å². The molecule has 1 unspecified atom stereocenters. The maximum absolute atomic E-state index is 13.9. The number of nitrogens with one attached hydrogen (secondary N) is 1. The van der Waals surface area contributed by atoms with Crippen LogP contribution in [0, 0.1) is 0 Å². The molecule has 0 bridgehead atoms. The van der Waals surface area contributed by atoms with Crippen LogP contribution in [-0.4, -0.2) is 120 Å². The van der Waals surface area contributed by atoms with Gasteiger partial charge in [0, 0.05) is 82.8 Å².